The van der Waals surface area contributed by atoms with Crippen LogP contribution in [0.2, 0.25) is 0 Å². The number of hydrogen-bond acceptors (Lipinski definition) is 4. The molecule has 1 aliphatic rings. The van der Waals surface area contributed by atoms with Crippen molar-refractivity contribution in [1.82, 2.24) is 9.88 Å². The SMILES string of the molecule is Cc1ccnc(NC(=O)CN(C)C(=O)c2ccc(OCC3CC3)cc2)c1. The van der Waals surface area contributed by atoms with Gasteiger partial charge < -0.3 is 15.0 Å². The van der Waals surface area contributed by atoms with E-state index in [2.05, 4.69) is 10.3 Å². The molecule has 2 amide bonds. The largest absolute Gasteiger partial charge is 0.493 e. The van der Waals surface area contributed by atoms with Crippen molar-refractivity contribution < 1.29 is 14.3 Å². The molecule has 0 bridgehead atoms. The third kappa shape index (κ3) is 5.05. The third-order valence-electron chi connectivity index (χ3n) is 4.19. The lowest BCUT2D eigenvalue weighted by molar-refractivity contribution is -0.116. The van der Waals surface area contributed by atoms with Gasteiger partial charge in [0.2, 0.25) is 5.91 Å². The Morgan fingerprint density at radius 2 is 1.96 bits per heavy atom. The number of carbonyl (C=O) groups excluding carboxylic acids is 2. The zero-order chi connectivity index (χ0) is 18.5. The zero-order valence-corrected chi connectivity index (χ0v) is 15.1. The maximum Gasteiger partial charge on any atom is 0.254 e. The van der Waals surface area contributed by atoms with Gasteiger partial charge in [0.05, 0.1) is 13.2 Å². The second kappa shape index (κ2) is 7.99. The predicted molar refractivity (Wildman–Crippen MR) is 99.2 cm³/mol. The molecule has 1 aromatic carbocycles. The number of aromatic nitrogens is 1. The fourth-order valence-electron chi connectivity index (χ4n) is 2.49. The van der Waals surface area contributed by atoms with E-state index < -0.39 is 0 Å². The van der Waals surface area contributed by atoms with Gasteiger partial charge in [-0.2, -0.15) is 0 Å². The summed E-state index contributed by atoms with van der Waals surface area (Å²) in [6.45, 7) is 2.61. The van der Waals surface area contributed by atoms with Crippen LogP contribution in [0.3, 0.4) is 0 Å². The monoisotopic (exact) mass is 353 g/mol. The van der Waals surface area contributed by atoms with Gasteiger partial charge in [0.15, 0.2) is 0 Å². The minimum absolute atomic E-state index is 0.0472. The fraction of sp³-hybridized carbons (Fsp3) is 0.350. The molecule has 0 saturated heterocycles. The zero-order valence-electron chi connectivity index (χ0n) is 15.1. The van der Waals surface area contributed by atoms with E-state index in [1.807, 2.05) is 13.0 Å². The number of aryl methyl sites for hydroxylation is 1. The van der Waals surface area contributed by atoms with Crippen LogP contribution >= 0.6 is 0 Å². The van der Waals surface area contributed by atoms with Crippen LogP contribution in [0.4, 0.5) is 5.82 Å². The number of amides is 2. The summed E-state index contributed by atoms with van der Waals surface area (Å²) >= 11 is 0. The summed E-state index contributed by atoms with van der Waals surface area (Å²) < 4.78 is 5.67. The highest BCUT2D eigenvalue weighted by Gasteiger charge is 2.22. The second-order valence-electron chi connectivity index (χ2n) is 6.71. The molecule has 1 N–H and O–H groups in total. The van der Waals surface area contributed by atoms with Crippen LogP contribution in [-0.2, 0) is 4.79 Å². The summed E-state index contributed by atoms with van der Waals surface area (Å²) in [5.41, 5.74) is 1.52. The van der Waals surface area contributed by atoms with Gasteiger partial charge in [-0.25, -0.2) is 4.98 Å². The molecule has 1 saturated carbocycles. The molecule has 0 atom stereocenters. The Balaban J connectivity index is 1.52. The molecule has 6 nitrogen and oxygen atoms in total. The molecule has 1 aliphatic carbocycles. The number of nitrogens with zero attached hydrogens (tertiary/aromatic N) is 2. The van der Waals surface area contributed by atoms with Crippen LogP contribution in [0.1, 0.15) is 28.8 Å². The molecule has 1 fully saturated rings. The van der Waals surface area contributed by atoms with Gasteiger partial charge in [-0.05, 0) is 67.6 Å². The Morgan fingerprint density at radius 3 is 2.62 bits per heavy atom. The van der Waals surface area contributed by atoms with Crippen LogP contribution in [0.5, 0.6) is 5.75 Å². The van der Waals surface area contributed by atoms with Crippen molar-refractivity contribution in [1.29, 1.82) is 0 Å². The molecule has 6 heteroatoms. The number of rotatable bonds is 7. The number of carbonyl (C=O) groups is 2. The lowest BCUT2D eigenvalue weighted by atomic mass is 10.2. The number of ether oxygens (including phenoxy) is 1. The van der Waals surface area contributed by atoms with Crippen LogP contribution in [0.25, 0.3) is 0 Å². The number of benzene rings is 1. The van der Waals surface area contributed by atoms with Crippen LogP contribution in [0.15, 0.2) is 42.6 Å². The quantitative estimate of drug-likeness (QED) is 0.831. The van der Waals surface area contributed by atoms with Crippen molar-refractivity contribution >= 4 is 17.6 Å². The predicted octanol–water partition coefficient (Wildman–Crippen LogP) is 2.89. The molecule has 136 valence electrons. The lowest BCUT2D eigenvalue weighted by Gasteiger charge is -2.17. The number of anilines is 1. The number of likely N-dealkylation sites (N-methyl/N-ethyl adjacent to an activating group) is 1. The topological polar surface area (TPSA) is 71.5 Å². The first-order valence-corrected chi connectivity index (χ1v) is 8.72. The third-order valence-corrected chi connectivity index (χ3v) is 4.19. The van der Waals surface area contributed by atoms with Crippen LogP contribution in [0, 0.1) is 12.8 Å². The first-order chi connectivity index (χ1) is 12.5. The average molecular weight is 353 g/mol. The lowest BCUT2D eigenvalue weighted by Crippen LogP contribution is -2.35. The minimum atomic E-state index is -0.289. The Kier molecular flexibility index (Phi) is 5.51. The smallest absolute Gasteiger partial charge is 0.254 e. The number of hydrogen-bond donors (Lipinski definition) is 1. The van der Waals surface area contributed by atoms with Crippen molar-refractivity contribution in [2.75, 3.05) is 25.5 Å². The van der Waals surface area contributed by atoms with E-state index in [1.165, 1.54) is 17.7 Å². The highest BCUT2D eigenvalue weighted by molar-refractivity contribution is 5.99. The van der Waals surface area contributed by atoms with Crippen molar-refractivity contribution in [3.05, 3.63) is 53.7 Å². The van der Waals surface area contributed by atoms with E-state index in [0.717, 1.165) is 17.9 Å². The molecule has 0 radical (unpaired) electrons. The Labute approximate surface area is 153 Å². The van der Waals surface area contributed by atoms with Gasteiger partial charge in [-0.15, -0.1) is 0 Å². The van der Waals surface area contributed by atoms with Gasteiger partial charge in [0.1, 0.15) is 11.6 Å². The number of pyridine rings is 1. The molecule has 1 aromatic heterocycles. The summed E-state index contributed by atoms with van der Waals surface area (Å²) in [7, 11) is 1.60. The van der Waals surface area contributed by atoms with Gasteiger partial charge >= 0.3 is 0 Å². The molecule has 26 heavy (non-hydrogen) atoms. The first-order valence-electron chi connectivity index (χ1n) is 8.72. The van der Waals surface area contributed by atoms with Gasteiger partial charge in [0, 0.05) is 18.8 Å². The molecule has 0 spiro atoms. The summed E-state index contributed by atoms with van der Waals surface area (Å²) in [5.74, 6) is 1.42. The van der Waals surface area contributed by atoms with Crippen molar-refractivity contribution in [3.63, 3.8) is 0 Å². The summed E-state index contributed by atoms with van der Waals surface area (Å²) in [6.07, 6.45) is 4.11. The Bertz CT molecular complexity index is 785. The molecular weight excluding hydrogens is 330 g/mol. The molecule has 3 rings (SSSR count). The maximum atomic E-state index is 12.5. The van der Waals surface area contributed by atoms with Gasteiger partial charge in [0.25, 0.3) is 5.91 Å². The average Bonchev–Trinajstić information content (AvgIpc) is 3.44. The van der Waals surface area contributed by atoms with Crippen LogP contribution < -0.4 is 10.1 Å². The van der Waals surface area contributed by atoms with E-state index in [9.17, 15) is 9.59 Å². The van der Waals surface area contributed by atoms with Crippen molar-refractivity contribution in [3.8, 4) is 5.75 Å². The minimum Gasteiger partial charge on any atom is -0.493 e. The highest BCUT2D eigenvalue weighted by Crippen LogP contribution is 2.29. The van der Waals surface area contributed by atoms with E-state index in [-0.39, 0.29) is 18.4 Å². The van der Waals surface area contributed by atoms with E-state index >= 15 is 0 Å². The number of nitrogens with one attached hydrogen (secondary N) is 1. The summed E-state index contributed by atoms with van der Waals surface area (Å²) in [5, 5.41) is 2.70. The second-order valence-corrected chi connectivity index (χ2v) is 6.71. The fourth-order valence-corrected chi connectivity index (χ4v) is 2.49. The van der Waals surface area contributed by atoms with E-state index in [4.69, 9.17) is 4.74 Å². The molecule has 1 heterocycles. The summed E-state index contributed by atoms with van der Waals surface area (Å²) in [4.78, 5) is 30.0. The van der Waals surface area contributed by atoms with Gasteiger partial charge in [-0.3, -0.25) is 9.59 Å². The standard InChI is InChI=1S/C20H23N3O3/c1-14-9-10-21-18(11-14)22-19(24)12-23(2)20(25)16-5-7-17(8-6-16)26-13-15-3-4-15/h5-11,15H,3-4,12-13H2,1-2H3,(H,21,22,24). The highest BCUT2D eigenvalue weighted by atomic mass is 16.5. The van der Waals surface area contributed by atoms with Gasteiger partial charge in [-0.1, -0.05) is 0 Å². The normalized spacial score (nSPS) is 13.2. The Morgan fingerprint density at radius 1 is 1.23 bits per heavy atom. The maximum absolute atomic E-state index is 12.5. The van der Waals surface area contributed by atoms with Crippen molar-refractivity contribution in [2.45, 2.75) is 19.8 Å². The molecular formula is C20H23N3O3. The summed E-state index contributed by atoms with van der Waals surface area (Å²) in [6, 6.07) is 10.7. The van der Waals surface area contributed by atoms with E-state index in [0.29, 0.717) is 17.3 Å². The Hall–Kier alpha value is -2.89. The van der Waals surface area contributed by atoms with E-state index in [1.54, 1.807) is 43.6 Å². The molecule has 2 aromatic rings. The molecule has 0 unspecified atom stereocenters. The van der Waals surface area contributed by atoms with Crippen LogP contribution in [-0.4, -0.2) is 41.9 Å². The molecule has 0 aliphatic heterocycles. The van der Waals surface area contributed by atoms with Crippen molar-refractivity contribution in [2.24, 2.45) is 5.92 Å². The first kappa shape index (κ1) is 17.9.